The van der Waals surface area contributed by atoms with Crippen molar-refractivity contribution < 1.29 is 9.90 Å². The van der Waals surface area contributed by atoms with E-state index in [0.29, 0.717) is 12.3 Å². The Balaban J connectivity index is 2.17. The van der Waals surface area contributed by atoms with Gasteiger partial charge in [-0.15, -0.1) is 0 Å². The van der Waals surface area contributed by atoms with Crippen LogP contribution in [0.4, 0.5) is 0 Å². The van der Waals surface area contributed by atoms with Gasteiger partial charge >= 0.3 is 0 Å². The Morgan fingerprint density at radius 1 is 1.40 bits per heavy atom. The van der Waals surface area contributed by atoms with Gasteiger partial charge in [-0.25, -0.2) is 0 Å². The molecule has 0 aromatic heterocycles. The lowest BCUT2D eigenvalue weighted by Crippen LogP contribution is -2.31. The molecule has 0 saturated heterocycles. The lowest BCUT2D eigenvalue weighted by molar-refractivity contribution is -0.123. The Bertz CT molecular complexity index is 220. The molecule has 88 valence electrons. The van der Waals surface area contributed by atoms with Crippen LogP contribution in [0, 0.1) is 11.3 Å². The average molecular weight is 213 g/mol. The van der Waals surface area contributed by atoms with Crippen LogP contribution < -0.4 is 5.32 Å². The summed E-state index contributed by atoms with van der Waals surface area (Å²) in [5.41, 5.74) is 0.0548. The Morgan fingerprint density at radius 2 is 2.07 bits per heavy atom. The Labute approximate surface area is 92.3 Å². The van der Waals surface area contributed by atoms with Crippen molar-refractivity contribution in [1.82, 2.24) is 5.32 Å². The van der Waals surface area contributed by atoms with E-state index in [0.717, 1.165) is 25.8 Å². The first-order valence-corrected chi connectivity index (χ1v) is 5.81. The molecule has 0 aromatic rings. The number of aliphatic hydroxyl groups excluding tert-OH is 1. The van der Waals surface area contributed by atoms with Crippen LogP contribution in [0.5, 0.6) is 0 Å². The molecule has 1 saturated carbocycles. The number of rotatable bonds is 3. The maximum atomic E-state index is 11.5. The van der Waals surface area contributed by atoms with E-state index in [2.05, 4.69) is 26.1 Å². The molecule has 1 rings (SSSR count). The van der Waals surface area contributed by atoms with Gasteiger partial charge in [0.15, 0.2) is 0 Å². The van der Waals surface area contributed by atoms with Gasteiger partial charge in [0.05, 0.1) is 6.10 Å². The van der Waals surface area contributed by atoms with E-state index in [1.54, 1.807) is 0 Å². The molecule has 1 fully saturated rings. The fraction of sp³-hybridized carbons (Fsp3) is 0.917. The number of carbonyl (C=O) groups is 1. The molecule has 0 radical (unpaired) electrons. The Hall–Kier alpha value is -0.570. The first-order valence-electron chi connectivity index (χ1n) is 5.81. The highest BCUT2D eigenvalue weighted by Crippen LogP contribution is 2.24. The number of nitrogens with one attached hydrogen (secondary N) is 1. The van der Waals surface area contributed by atoms with Gasteiger partial charge in [0.1, 0.15) is 0 Å². The van der Waals surface area contributed by atoms with Gasteiger partial charge in [-0.1, -0.05) is 20.8 Å². The standard InChI is InChI=1S/C12H23NO2/c1-12(2,3)7-11(15)13-8-9-4-5-10(14)6-9/h9-10,14H,4-8H2,1-3H3,(H,13,15). The fourth-order valence-corrected chi connectivity index (χ4v) is 2.04. The maximum absolute atomic E-state index is 11.5. The molecule has 2 atom stereocenters. The number of hydrogen-bond donors (Lipinski definition) is 2. The highest BCUT2D eigenvalue weighted by atomic mass is 16.3. The molecule has 1 amide bonds. The first kappa shape index (κ1) is 12.5. The van der Waals surface area contributed by atoms with Crippen molar-refractivity contribution in [2.45, 2.75) is 52.6 Å². The minimum atomic E-state index is -0.144. The Morgan fingerprint density at radius 3 is 2.53 bits per heavy atom. The molecule has 3 heteroatoms. The molecule has 0 bridgehead atoms. The van der Waals surface area contributed by atoms with E-state index in [1.165, 1.54) is 0 Å². The second-order valence-corrected chi connectivity index (χ2v) is 5.87. The molecule has 0 aromatic carbocycles. The molecule has 0 aliphatic heterocycles. The third-order valence-electron chi connectivity index (χ3n) is 2.79. The van der Waals surface area contributed by atoms with Crippen molar-refractivity contribution in [2.75, 3.05) is 6.54 Å². The summed E-state index contributed by atoms with van der Waals surface area (Å²) in [5.74, 6) is 0.604. The van der Waals surface area contributed by atoms with Crippen LogP contribution in [-0.4, -0.2) is 23.7 Å². The van der Waals surface area contributed by atoms with Crippen LogP contribution in [0.2, 0.25) is 0 Å². The number of carbonyl (C=O) groups excluding carboxylic acids is 1. The summed E-state index contributed by atoms with van der Waals surface area (Å²) in [6.07, 6.45) is 3.20. The molecule has 1 aliphatic rings. The number of hydrogen-bond acceptors (Lipinski definition) is 2. The summed E-state index contributed by atoms with van der Waals surface area (Å²) in [6, 6.07) is 0. The van der Waals surface area contributed by atoms with Crippen molar-refractivity contribution in [3.05, 3.63) is 0 Å². The summed E-state index contributed by atoms with van der Waals surface area (Å²) in [6.45, 7) is 6.91. The molecular weight excluding hydrogens is 190 g/mol. The molecule has 15 heavy (non-hydrogen) atoms. The zero-order chi connectivity index (χ0) is 11.5. The van der Waals surface area contributed by atoms with Gasteiger partial charge < -0.3 is 10.4 Å². The predicted octanol–water partition coefficient (Wildman–Crippen LogP) is 1.70. The largest absolute Gasteiger partial charge is 0.393 e. The smallest absolute Gasteiger partial charge is 0.220 e. The zero-order valence-electron chi connectivity index (χ0n) is 10.0. The summed E-state index contributed by atoms with van der Waals surface area (Å²) >= 11 is 0. The molecule has 0 spiro atoms. The minimum Gasteiger partial charge on any atom is -0.393 e. The molecule has 0 heterocycles. The van der Waals surface area contributed by atoms with E-state index in [9.17, 15) is 9.90 Å². The van der Waals surface area contributed by atoms with Crippen molar-refractivity contribution in [3.8, 4) is 0 Å². The van der Waals surface area contributed by atoms with Crippen molar-refractivity contribution >= 4 is 5.91 Å². The summed E-state index contributed by atoms with van der Waals surface area (Å²) in [7, 11) is 0. The van der Waals surface area contributed by atoms with Crippen LogP contribution in [0.15, 0.2) is 0 Å². The van der Waals surface area contributed by atoms with Gasteiger partial charge in [-0.3, -0.25) is 4.79 Å². The summed E-state index contributed by atoms with van der Waals surface area (Å²) in [5, 5.41) is 12.3. The minimum absolute atomic E-state index is 0.0548. The maximum Gasteiger partial charge on any atom is 0.220 e. The monoisotopic (exact) mass is 213 g/mol. The van der Waals surface area contributed by atoms with Crippen molar-refractivity contribution in [2.24, 2.45) is 11.3 Å². The lowest BCUT2D eigenvalue weighted by Gasteiger charge is -2.18. The topological polar surface area (TPSA) is 49.3 Å². The van der Waals surface area contributed by atoms with Gasteiger partial charge in [-0.2, -0.15) is 0 Å². The SMILES string of the molecule is CC(C)(C)CC(=O)NCC1CCC(O)C1. The second kappa shape index (κ2) is 4.97. The van der Waals surface area contributed by atoms with E-state index < -0.39 is 0 Å². The zero-order valence-corrected chi connectivity index (χ0v) is 10.0. The van der Waals surface area contributed by atoms with Crippen LogP contribution in [0.3, 0.4) is 0 Å². The highest BCUT2D eigenvalue weighted by Gasteiger charge is 2.23. The molecule has 2 unspecified atom stereocenters. The van der Waals surface area contributed by atoms with E-state index in [4.69, 9.17) is 0 Å². The normalized spacial score (nSPS) is 26.7. The first-order chi connectivity index (χ1) is 6.87. The quantitative estimate of drug-likeness (QED) is 0.749. The van der Waals surface area contributed by atoms with Gasteiger partial charge in [-0.05, 0) is 30.6 Å². The van der Waals surface area contributed by atoms with Crippen LogP contribution >= 0.6 is 0 Å². The van der Waals surface area contributed by atoms with Gasteiger partial charge in [0, 0.05) is 13.0 Å². The Kier molecular flexibility index (Phi) is 4.14. The third-order valence-corrected chi connectivity index (χ3v) is 2.79. The molecule has 3 nitrogen and oxygen atoms in total. The lowest BCUT2D eigenvalue weighted by atomic mass is 9.92. The van der Waals surface area contributed by atoms with Crippen molar-refractivity contribution in [1.29, 1.82) is 0 Å². The number of aliphatic hydroxyl groups is 1. The summed E-state index contributed by atoms with van der Waals surface area (Å²) in [4.78, 5) is 11.5. The predicted molar refractivity (Wildman–Crippen MR) is 60.4 cm³/mol. The molecular formula is C12H23NO2. The fourth-order valence-electron chi connectivity index (χ4n) is 2.04. The number of amides is 1. The molecule has 1 aliphatic carbocycles. The van der Waals surface area contributed by atoms with Gasteiger partial charge in [0.2, 0.25) is 5.91 Å². The van der Waals surface area contributed by atoms with Crippen LogP contribution in [-0.2, 0) is 4.79 Å². The second-order valence-electron chi connectivity index (χ2n) is 5.87. The van der Waals surface area contributed by atoms with Crippen molar-refractivity contribution in [3.63, 3.8) is 0 Å². The van der Waals surface area contributed by atoms with Gasteiger partial charge in [0.25, 0.3) is 0 Å². The average Bonchev–Trinajstić information content (AvgIpc) is 2.45. The molecule has 2 N–H and O–H groups in total. The van der Waals surface area contributed by atoms with E-state index >= 15 is 0 Å². The summed E-state index contributed by atoms with van der Waals surface area (Å²) < 4.78 is 0. The van der Waals surface area contributed by atoms with Crippen LogP contribution in [0.25, 0.3) is 0 Å². The highest BCUT2D eigenvalue weighted by molar-refractivity contribution is 5.76. The van der Waals surface area contributed by atoms with Crippen LogP contribution in [0.1, 0.15) is 46.5 Å². The van der Waals surface area contributed by atoms with E-state index in [-0.39, 0.29) is 17.4 Å². The third kappa shape index (κ3) is 5.17. The van der Waals surface area contributed by atoms with E-state index in [1.807, 2.05) is 0 Å².